The van der Waals surface area contributed by atoms with E-state index in [4.69, 9.17) is 8.83 Å². The molecule has 4 aromatic heterocycles. The molecule has 4 heterocycles. The molecular formula is C32H26N6O2. The first-order valence-electron chi connectivity index (χ1n) is 13.2. The second-order valence-corrected chi connectivity index (χ2v) is 9.83. The molecule has 40 heavy (non-hydrogen) atoms. The van der Waals surface area contributed by atoms with Gasteiger partial charge in [0.05, 0.1) is 6.20 Å². The molecule has 0 saturated carbocycles. The molecule has 2 aliphatic rings. The SMILES string of the molecule is C1=CC(c2ccccc2)Cc2[nH]nc(-c3cnco3)c21.C1=CC(c2ccccc2)Cc2[nH]nc(-c3cocn3)c21. The molecule has 0 saturated heterocycles. The summed E-state index contributed by atoms with van der Waals surface area (Å²) in [4.78, 5) is 8.11. The quantitative estimate of drug-likeness (QED) is 0.260. The van der Waals surface area contributed by atoms with Crippen molar-refractivity contribution in [1.82, 2.24) is 30.4 Å². The molecule has 196 valence electrons. The Morgan fingerprint density at radius 3 is 1.85 bits per heavy atom. The van der Waals surface area contributed by atoms with E-state index >= 15 is 0 Å². The van der Waals surface area contributed by atoms with E-state index in [1.807, 2.05) is 12.1 Å². The molecule has 2 N–H and O–H groups in total. The zero-order valence-electron chi connectivity index (χ0n) is 21.6. The predicted octanol–water partition coefficient (Wildman–Crippen LogP) is 6.84. The lowest BCUT2D eigenvalue weighted by atomic mass is 9.88. The lowest BCUT2D eigenvalue weighted by Gasteiger charge is -2.16. The van der Waals surface area contributed by atoms with E-state index in [0.717, 1.165) is 52.4 Å². The summed E-state index contributed by atoms with van der Waals surface area (Å²) in [6.07, 6.45) is 16.7. The Kier molecular flexibility index (Phi) is 6.26. The number of hydrogen-bond donors (Lipinski definition) is 2. The van der Waals surface area contributed by atoms with Crippen LogP contribution in [-0.2, 0) is 12.8 Å². The van der Waals surface area contributed by atoms with Crippen LogP contribution in [0.1, 0.15) is 45.5 Å². The van der Waals surface area contributed by atoms with Crippen LogP contribution in [0, 0.1) is 0 Å². The maximum Gasteiger partial charge on any atom is 0.181 e. The van der Waals surface area contributed by atoms with Crippen LogP contribution in [0.5, 0.6) is 0 Å². The van der Waals surface area contributed by atoms with E-state index in [1.54, 1.807) is 12.5 Å². The average molecular weight is 527 g/mol. The van der Waals surface area contributed by atoms with Crippen LogP contribution < -0.4 is 0 Å². The standard InChI is InChI=1S/2C16H13N3O/c1-2-4-11(5-3-1)12-6-7-13-14(8-12)18-19-16(13)15-9-20-10-17-15;1-2-4-11(5-3-1)12-6-7-13-14(8-12)18-19-16(13)15-9-17-10-20-15/h2*1-7,9-10,12H,8H2,(H,18,19). The fourth-order valence-electron chi connectivity index (χ4n) is 5.35. The summed E-state index contributed by atoms with van der Waals surface area (Å²) < 4.78 is 10.4. The van der Waals surface area contributed by atoms with E-state index in [9.17, 15) is 0 Å². The number of hydrogen-bond acceptors (Lipinski definition) is 6. The minimum atomic E-state index is 0.395. The Balaban J connectivity index is 0.000000132. The molecule has 0 bridgehead atoms. The molecule has 6 aromatic rings. The number of allylic oxidation sites excluding steroid dienone is 2. The predicted molar refractivity (Wildman–Crippen MR) is 152 cm³/mol. The number of aromatic nitrogens is 6. The number of H-pyrrole nitrogens is 2. The van der Waals surface area contributed by atoms with Gasteiger partial charge in [0.1, 0.15) is 23.3 Å². The topological polar surface area (TPSA) is 109 Å². The lowest BCUT2D eigenvalue weighted by molar-refractivity contribution is 0.558. The molecule has 0 radical (unpaired) electrons. The second kappa shape index (κ2) is 10.5. The van der Waals surface area contributed by atoms with Crippen molar-refractivity contribution in [1.29, 1.82) is 0 Å². The largest absolute Gasteiger partial charge is 0.451 e. The van der Waals surface area contributed by atoms with Gasteiger partial charge in [0.25, 0.3) is 0 Å². The molecule has 0 fully saturated rings. The molecule has 2 aromatic carbocycles. The van der Waals surface area contributed by atoms with Gasteiger partial charge < -0.3 is 8.83 Å². The van der Waals surface area contributed by atoms with Crippen LogP contribution in [-0.4, -0.2) is 30.4 Å². The lowest BCUT2D eigenvalue weighted by Crippen LogP contribution is -2.05. The van der Waals surface area contributed by atoms with Crippen LogP contribution >= 0.6 is 0 Å². The molecular weight excluding hydrogens is 500 g/mol. The molecule has 2 atom stereocenters. The first-order valence-corrected chi connectivity index (χ1v) is 13.2. The highest BCUT2D eigenvalue weighted by molar-refractivity contribution is 5.73. The Hall–Kier alpha value is -5.24. The van der Waals surface area contributed by atoms with Gasteiger partial charge in [-0.15, -0.1) is 0 Å². The fourth-order valence-corrected chi connectivity index (χ4v) is 5.35. The monoisotopic (exact) mass is 526 g/mol. The van der Waals surface area contributed by atoms with Crippen molar-refractivity contribution in [2.24, 2.45) is 0 Å². The highest BCUT2D eigenvalue weighted by atomic mass is 16.3. The number of aromatic amines is 2. The maximum absolute atomic E-state index is 5.33. The van der Waals surface area contributed by atoms with Crippen LogP contribution in [0.15, 0.2) is 107 Å². The number of oxazole rings is 2. The third-order valence-corrected chi connectivity index (χ3v) is 7.40. The zero-order valence-corrected chi connectivity index (χ0v) is 21.6. The molecule has 2 unspecified atom stereocenters. The number of benzene rings is 2. The van der Waals surface area contributed by atoms with Crippen LogP contribution in [0.25, 0.3) is 35.0 Å². The molecule has 8 heteroatoms. The van der Waals surface area contributed by atoms with Crippen LogP contribution in [0.3, 0.4) is 0 Å². The van der Waals surface area contributed by atoms with Gasteiger partial charge in [-0.05, 0) is 11.1 Å². The van der Waals surface area contributed by atoms with Crippen LogP contribution in [0.4, 0.5) is 0 Å². The van der Waals surface area contributed by atoms with E-state index in [1.165, 1.54) is 23.9 Å². The first kappa shape index (κ1) is 23.8. The average Bonchev–Trinajstić information content (AvgIpc) is 3.84. The summed E-state index contributed by atoms with van der Waals surface area (Å²) in [5.41, 5.74) is 9.63. The van der Waals surface area contributed by atoms with E-state index in [-0.39, 0.29) is 0 Å². The van der Waals surface area contributed by atoms with Crippen molar-refractivity contribution >= 4 is 12.2 Å². The van der Waals surface area contributed by atoms with Gasteiger partial charge in [0, 0.05) is 47.2 Å². The minimum Gasteiger partial charge on any atom is -0.451 e. The Morgan fingerprint density at radius 1 is 0.700 bits per heavy atom. The second-order valence-electron chi connectivity index (χ2n) is 9.83. The molecule has 0 aliphatic heterocycles. The van der Waals surface area contributed by atoms with Gasteiger partial charge in [-0.2, -0.15) is 10.2 Å². The Morgan fingerprint density at radius 2 is 1.30 bits per heavy atom. The third kappa shape index (κ3) is 4.60. The van der Waals surface area contributed by atoms with Crippen molar-refractivity contribution in [3.63, 3.8) is 0 Å². The maximum atomic E-state index is 5.33. The molecule has 0 spiro atoms. The highest BCUT2D eigenvalue weighted by Gasteiger charge is 2.23. The van der Waals surface area contributed by atoms with Gasteiger partial charge in [-0.25, -0.2) is 9.97 Å². The summed E-state index contributed by atoms with van der Waals surface area (Å²) in [6, 6.07) is 21.0. The third-order valence-electron chi connectivity index (χ3n) is 7.40. The van der Waals surface area contributed by atoms with E-state index in [0.29, 0.717) is 17.6 Å². The minimum absolute atomic E-state index is 0.395. The van der Waals surface area contributed by atoms with Gasteiger partial charge >= 0.3 is 0 Å². The summed E-state index contributed by atoms with van der Waals surface area (Å²) in [7, 11) is 0. The Bertz CT molecular complexity index is 1610. The number of rotatable bonds is 4. The zero-order chi connectivity index (χ0) is 26.7. The number of nitrogens with one attached hydrogen (secondary N) is 2. The molecule has 2 aliphatic carbocycles. The van der Waals surface area contributed by atoms with Gasteiger partial charge in [0.15, 0.2) is 18.5 Å². The van der Waals surface area contributed by atoms with Crippen molar-refractivity contribution < 1.29 is 8.83 Å². The molecule has 8 nitrogen and oxygen atoms in total. The summed E-state index contributed by atoms with van der Waals surface area (Å²) in [5, 5.41) is 15.0. The van der Waals surface area contributed by atoms with Crippen LogP contribution in [0.2, 0.25) is 0 Å². The highest BCUT2D eigenvalue weighted by Crippen LogP contribution is 2.35. The Labute approximate surface area is 230 Å². The van der Waals surface area contributed by atoms with Gasteiger partial charge in [-0.1, -0.05) is 85.0 Å². The van der Waals surface area contributed by atoms with Crippen molar-refractivity contribution in [2.45, 2.75) is 24.7 Å². The van der Waals surface area contributed by atoms with E-state index in [2.05, 4.69) is 103 Å². The van der Waals surface area contributed by atoms with Crippen molar-refractivity contribution in [2.75, 3.05) is 0 Å². The number of fused-ring (bicyclic) bond motifs is 2. The number of nitrogens with zero attached hydrogens (tertiary/aromatic N) is 4. The van der Waals surface area contributed by atoms with Crippen molar-refractivity contribution in [3.8, 4) is 22.8 Å². The van der Waals surface area contributed by atoms with Crippen molar-refractivity contribution in [3.05, 3.63) is 132 Å². The summed E-state index contributed by atoms with van der Waals surface area (Å²) in [6.45, 7) is 0. The smallest absolute Gasteiger partial charge is 0.181 e. The van der Waals surface area contributed by atoms with Gasteiger partial charge in [0.2, 0.25) is 0 Å². The normalized spacial score (nSPS) is 17.1. The fraction of sp³-hybridized carbons (Fsp3) is 0.125. The molecule has 8 rings (SSSR count). The first-order chi connectivity index (χ1) is 19.8. The summed E-state index contributed by atoms with van der Waals surface area (Å²) >= 11 is 0. The summed E-state index contributed by atoms with van der Waals surface area (Å²) in [5.74, 6) is 1.49. The van der Waals surface area contributed by atoms with Gasteiger partial charge in [-0.3, -0.25) is 10.2 Å². The molecule has 0 amide bonds. The van der Waals surface area contributed by atoms with E-state index < -0.39 is 0 Å².